The Kier molecular flexibility index (Phi) is 5.15. The van der Waals surface area contributed by atoms with E-state index in [0.717, 1.165) is 10.4 Å². The molecule has 0 radical (unpaired) electrons. The Bertz CT molecular complexity index is 403. The summed E-state index contributed by atoms with van der Waals surface area (Å²) in [5.41, 5.74) is 1.09. The zero-order valence-corrected chi connectivity index (χ0v) is 11.0. The number of thiophene rings is 1. The zero-order valence-electron chi connectivity index (χ0n) is 10.2. The van der Waals surface area contributed by atoms with Crippen molar-refractivity contribution in [1.29, 1.82) is 0 Å². The van der Waals surface area contributed by atoms with E-state index in [0.29, 0.717) is 6.54 Å². The number of carbonyl (C=O) groups is 1. The van der Waals surface area contributed by atoms with Gasteiger partial charge >= 0.3 is 6.18 Å². The summed E-state index contributed by atoms with van der Waals surface area (Å²) in [6.45, 7) is 0.910. The minimum Gasteiger partial charge on any atom is -0.340 e. The van der Waals surface area contributed by atoms with Crippen LogP contribution in [0.1, 0.15) is 10.4 Å². The van der Waals surface area contributed by atoms with Crippen molar-refractivity contribution in [3.8, 4) is 0 Å². The summed E-state index contributed by atoms with van der Waals surface area (Å²) < 4.78 is 35.6. The summed E-state index contributed by atoms with van der Waals surface area (Å²) in [5, 5.41) is 4.01. The Morgan fingerprint density at radius 2 is 2.17 bits per heavy atom. The van der Waals surface area contributed by atoms with Gasteiger partial charge in [0.2, 0.25) is 5.91 Å². The molecule has 0 aliphatic heterocycles. The molecule has 0 aliphatic carbocycles. The highest BCUT2D eigenvalue weighted by atomic mass is 32.1. The number of likely N-dealkylation sites (N-methyl/N-ethyl adjacent to an activating group) is 1. The highest BCUT2D eigenvalue weighted by Crippen LogP contribution is 2.17. The Balaban J connectivity index is 2.36. The number of hydrogen-bond acceptors (Lipinski definition) is 3. The van der Waals surface area contributed by atoms with Crippen LogP contribution in [0.5, 0.6) is 0 Å². The molecule has 0 saturated heterocycles. The van der Waals surface area contributed by atoms with Gasteiger partial charge in [0.15, 0.2) is 0 Å². The van der Waals surface area contributed by atoms with Gasteiger partial charge in [-0.1, -0.05) is 0 Å². The van der Waals surface area contributed by atoms with E-state index in [1.54, 1.807) is 7.05 Å². The molecule has 0 aromatic carbocycles. The molecule has 0 fully saturated rings. The third kappa shape index (κ3) is 5.05. The van der Waals surface area contributed by atoms with Gasteiger partial charge in [-0.25, -0.2) is 0 Å². The molecule has 1 rings (SSSR count). The summed E-state index contributed by atoms with van der Waals surface area (Å²) >= 11 is 1.53. The van der Waals surface area contributed by atoms with Gasteiger partial charge in [-0.05, 0) is 23.9 Å². The first-order valence-corrected chi connectivity index (χ1v) is 6.22. The molecule has 0 aliphatic rings. The molecule has 1 N–H and O–H groups in total. The second-order valence-corrected chi connectivity index (χ2v) is 5.00. The van der Waals surface area contributed by atoms with Gasteiger partial charge in [-0.2, -0.15) is 13.2 Å². The molecule has 1 heterocycles. The van der Waals surface area contributed by atoms with Crippen LogP contribution in [-0.4, -0.2) is 37.1 Å². The fourth-order valence-corrected chi connectivity index (χ4v) is 2.27. The molecular weight excluding hydrogens is 265 g/mol. The molecule has 1 aromatic heterocycles. The van der Waals surface area contributed by atoms with Crippen LogP contribution in [-0.2, 0) is 11.3 Å². The lowest BCUT2D eigenvalue weighted by Crippen LogP contribution is -2.38. The van der Waals surface area contributed by atoms with E-state index in [2.05, 4.69) is 5.32 Å². The highest BCUT2D eigenvalue weighted by molar-refractivity contribution is 7.10. The average molecular weight is 280 g/mol. The van der Waals surface area contributed by atoms with Gasteiger partial charge in [0.1, 0.15) is 0 Å². The smallest absolute Gasteiger partial charge is 0.340 e. The quantitative estimate of drug-likeness (QED) is 0.896. The maximum atomic E-state index is 11.9. The van der Waals surface area contributed by atoms with Gasteiger partial charge < -0.3 is 10.2 Å². The molecule has 7 heteroatoms. The van der Waals surface area contributed by atoms with E-state index in [9.17, 15) is 18.0 Å². The number of hydrogen-bond donors (Lipinski definition) is 1. The molecular formula is C11H15F3N2OS. The van der Waals surface area contributed by atoms with Crippen LogP contribution >= 0.6 is 11.3 Å². The van der Waals surface area contributed by atoms with Crippen molar-refractivity contribution < 1.29 is 18.0 Å². The van der Waals surface area contributed by atoms with Gasteiger partial charge in [-0.15, -0.1) is 11.3 Å². The van der Waals surface area contributed by atoms with E-state index in [1.807, 2.05) is 18.4 Å². The summed E-state index contributed by atoms with van der Waals surface area (Å²) in [7, 11) is 1.58. The monoisotopic (exact) mass is 280 g/mol. The normalized spacial score (nSPS) is 11.6. The highest BCUT2D eigenvalue weighted by Gasteiger charge is 2.26. The summed E-state index contributed by atoms with van der Waals surface area (Å²) in [6.07, 6.45) is -4.29. The molecule has 102 valence electrons. The second kappa shape index (κ2) is 6.19. The van der Waals surface area contributed by atoms with Crippen molar-refractivity contribution in [3.63, 3.8) is 0 Å². The number of nitrogens with one attached hydrogen (secondary N) is 1. The van der Waals surface area contributed by atoms with Crippen molar-refractivity contribution >= 4 is 17.2 Å². The molecule has 3 nitrogen and oxygen atoms in total. The van der Waals surface area contributed by atoms with E-state index in [1.165, 1.54) is 16.2 Å². The Labute approximate surface area is 108 Å². The predicted molar refractivity (Wildman–Crippen MR) is 64.5 cm³/mol. The van der Waals surface area contributed by atoms with Crippen molar-refractivity contribution in [2.24, 2.45) is 0 Å². The number of nitrogens with zero attached hydrogens (tertiary/aromatic N) is 1. The number of aryl methyl sites for hydroxylation is 1. The Morgan fingerprint density at radius 3 is 2.67 bits per heavy atom. The number of carbonyl (C=O) groups excluding carboxylic acids is 1. The van der Waals surface area contributed by atoms with Crippen LogP contribution in [0.4, 0.5) is 13.2 Å². The van der Waals surface area contributed by atoms with Crippen LogP contribution in [0.15, 0.2) is 11.4 Å². The first kappa shape index (κ1) is 15.0. The minimum absolute atomic E-state index is 0.305. The van der Waals surface area contributed by atoms with E-state index < -0.39 is 12.7 Å². The first-order valence-electron chi connectivity index (χ1n) is 5.34. The molecule has 0 atom stereocenters. The minimum atomic E-state index is -4.29. The van der Waals surface area contributed by atoms with E-state index >= 15 is 0 Å². The van der Waals surface area contributed by atoms with Gasteiger partial charge in [0, 0.05) is 11.9 Å². The zero-order chi connectivity index (χ0) is 13.8. The first-order chi connectivity index (χ1) is 8.29. The van der Waals surface area contributed by atoms with Crippen molar-refractivity contribution in [2.45, 2.75) is 19.6 Å². The van der Waals surface area contributed by atoms with Crippen LogP contribution in [0.2, 0.25) is 0 Å². The largest absolute Gasteiger partial charge is 0.401 e. The average Bonchev–Trinajstić information content (AvgIpc) is 2.62. The Hall–Kier alpha value is -1.08. The van der Waals surface area contributed by atoms with Crippen LogP contribution in [0.3, 0.4) is 0 Å². The van der Waals surface area contributed by atoms with Gasteiger partial charge in [-0.3, -0.25) is 4.79 Å². The standard InChI is InChI=1S/C11H15F3N2OS/c1-8-3-4-18-9(8)6-16(2)10(17)5-15-7-11(12,13)14/h3-4,15H,5-7H2,1-2H3. The Morgan fingerprint density at radius 1 is 1.50 bits per heavy atom. The van der Waals surface area contributed by atoms with Crippen LogP contribution in [0.25, 0.3) is 0 Å². The molecule has 0 saturated carbocycles. The predicted octanol–water partition coefficient (Wildman–Crippen LogP) is 2.17. The SMILES string of the molecule is Cc1ccsc1CN(C)C(=O)CNCC(F)(F)F. The molecule has 1 aromatic rings. The summed E-state index contributed by atoms with van der Waals surface area (Å²) in [6, 6.07) is 1.94. The summed E-state index contributed by atoms with van der Waals surface area (Å²) in [5.74, 6) is -0.355. The maximum absolute atomic E-state index is 11.9. The third-order valence-corrected chi connectivity index (χ3v) is 3.38. The molecule has 1 amide bonds. The van der Waals surface area contributed by atoms with Crippen LogP contribution < -0.4 is 5.32 Å². The topological polar surface area (TPSA) is 32.3 Å². The van der Waals surface area contributed by atoms with E-state index in [4.69, 9.17) is 0 Å². The van der Waals surface area contributed by atoms with Crippen molar-refractivity contribution in [3.05, 3.63) is 21.9 Å². The number of amides is 1. The second-order valence-electron chi connectivity index (χ2n) is 4.00. The van der Waals surface area contributed by atoms with Gasteiger partial charge in [0.25, 0.3) is 0 Å². The third-order valence-electron chi connectivity index (χ3n) is 2.38. The lowest BCUT2D eigenvalue weighted by atomic mass is 10.3. The molecule has 0 unspecified atom stereocenters. The van der Waals surface area contributed by atoms with Crippen LogP contribution in [0, 0.1) is 6.92 Å². The lowest BCUT2D eigenvalue weighted by Gasteiger charge is -2.17. The fraction of sp³-hybridized carbons (Fsp3) is 0.545. The molecule has 0 spiro atoms. The fourth-order valence-electron chi connectivity index (χ4n) is 1.32. The number of rotatable bonds is 5. The summed E-state index contributed by atoms with van der Waals surface area (Å²) in [4.78, 5) is 14.0. The lowest BCUT2D eigenvalue weighted by molar-refractivity contribution is -0.133. The number of halogens is 3. The maximum Gasteiger partial charge on any atom is 0.401 e. The molecule has 0 bridgehead atoms. The van der Waals surface area contributed by atoms with Crippen molar-refractivity contribution in [2.75, 3.05) is 20.1 Å². The van der Waals surface area contributed by atoms with Gasteiger partial charge in [0.05, 0.1) is 19.6 Å². The number of alkyl halides is 3. The van der Waals surface area contributed by atoms with Crippen molar-refractivity contribution in [1.82, 2.24) is 10.2 Å². The van der Waals surface area contributed by atoms with E-state index in [-0.39, 0.29) is 12.5 Å². The molecule has 18 heavy (non-hydrogen) atoms.